The molecule has 7 heteroatoms. The molecule has 1 fully saturated rings. The Balaban J connectivity index is 1.73. The van der Waals surface area contributed by atoms with Gasteiger partial charge in [0.05, 0.1) is 0 Å². The van der Waals surface area contributed by atoms with Gasteiger partial charge >= 0.3 is 0 Å². The first-order valence-corrected chi connectivity index (χ1v) is 12.0. The van der Waals surface area contributed by atoms with Crippen molar-refractivity contribution < 1.29 is 19.5 Å². The lowest BCUT2D eigenvalue weighted by Gasteiger charge is -2.25. The highest BCUT2D eigenvalue weighted by molar-refractivity contribution is 5.94. The molecule has 2 aliphatic rings. The molecule has 2 amide bonds. The van der Waals surface area contributed by atoms with Crippen LogP contribution >= 0.6 is 0 Å². The van der Waals surface area contributed by atoms with Crippen LogP contribution in [-0.2, 0) is 22.6 Å². The number of unbranched alkanes of at least 4 members (excludes halogenated alkanes) is 1. The SMILES string of the molecule is CCCCN1Cc2ccc(C(=O)N(C)CCC3CCNCC3)cc2CC(CC(=O)[O-])C1=O. The van der Waals surface area contributed by atoms with Crippen molar-refractivity contribution in [1.29, 1.82) is 0 Å². The molecule has 32 heavy (non-hydrogen) atoms. The summed E-state index contributed by atoms with van der Waals surface area (Å²) in [6, 6.07) is 5.62. The van der Waals surface area contributed by atoms with Gasteiger partial charge in [0.1, 0.15) is 0 Å². The fourth-order valence-electron chi connectivity index (χ4n) is 4.77. The number of carboxylic acids is 1. The van der Waals surface area contributed by atoms with E-state index in [-0.39, 0.29) is 18.2 Å². The van der Waals surface area contributed by atoms with Crippen LogP contribution in [0.1, 0.15) is 66.9 Å². The van der Waals surface area contributed by atoms with Crippen molar-refractivity contribution in [3.63, 3.8) is 0 Å². The largest absolute Gasteiger partial charge is 0.550 e. The van der Waals surface area contributed by atoms with E-state index in [2.05, 4.69) is 12.2 Å². The normalized spacial score (nSPS) is 19.4. The van der Waals surface area contributed by atoms with Crippen LogP contribution in [0.5, 0.6) is 0 Å². The van der Waals surface area contributed by atoms with Gasteiger partial charge in [-0.2, -0.15) is 0 Å². The number of hydrogen-bond donors (Lipinski definition) is 1. The van der Waals surface area contributed by atoms with Crippen LogP contribution in [0.15, 0.2) is 18.2 Å². The Kier molecular flexibility index (Phi) is 8.67. The molecule has 0 aliphatic carbocycles. The summed E-state index contributed by atoms with van der Waals surface area (Å²) in [5.74, 6) is -1.38. The fourth-order valence-corrected chi connectivity index (χ4v) is 4.77. The monoisotopic (exact) mass is 442 g/mol. The summed E-state index contributed by atoms with van der Waals surface area (Å²) in [6.07, 6.45) is 5.17. The first kappa shape index (κ1) is 24.2. The molecule has 1 aromatic rings. The van der Waals surface area contributed by atoms with E-state index in [1.54, 1.807) is 9.80 Å². The quantitative estimate of drug-likeness (QED) is 0.627. The molecule has 0 bridgehead atoms. The van der Waals surface area contributed by atoms with Gasteiger partial charge in [-0.1, -0.05) is 19.4 Å². The van der Waals surface area contributed by atoms with Crippen molar-refractivity contribution in [3.05, 3.63) is 34.9 Å². The van der Waals surface area contributed by atoms with E-state index in [0.29, 0.717) is 31.0 Å². The number of fused-ring (bicyclic) bond motifs is 1. The number of nitrogens with one attached hydrogen (secondary N) is 1. The number of carbonyl (C=O) groups is 3. The van der Waals surface area contributed by atoms with E-state index in [1.807, 2.05) is 25.2 Å². The van der Waals surface area contributed by atoms with Crippen LogP contribution in [0.2, 0.25) is 0 Å². The minimum atomic E-state index is -1.22. The Morgan fingerprint density at radius 2 is 1.97 bits per heavy atom. The third-order valence-corrected chi connectivity index (χ3v) is 6.81. The third kappa shape index (κ3) is 6.31. The molecule has 3 rings (SSSR count). The zero-order valence-electron chi connectivity index (χ0n) is 19.4. The molecule has 1 saturated heterocycles. The van der Waals surface area contributed by atoms with Crippen LogP contribution in [-0.4, -0.2) is 60.8 Å². The Bertz CT molecular complexity index is 819. The van der Waals surface area contributed by atoms with Crippen LogP contribution in [0, 0.1) is 11.8 Å². The minimum absolute atomic E-state index is 0.0309. The Hall–Kier alpha value is -2.41. The maximum atomic E-state index is 13.1. The molecular formula is C25H36N3O4-. The van der Waals surface area contributed by atoms with Crippen molar-refractivity contribution in [2.24, 2.45) is 11.8 Å². The summed E-state index contributed by atoms with van der Waals surface area (Å²) >= 11 is 0. The molecule has 2 aliphatic heterocycles. The summed E-state index contributed by atoms with van der Waals surface area (Å²) in [4.78, 5) is 40.8. The summed E-state index contributed by atoms with van der Waals surface area (Å²) in [6.45, 7) is 5.95. The first-order valence-electron chi connectivity index (χ1n) is 12.0. The molecule has 1 atom stereocenters. The maximum Gasteiger partial charge on any atom is 0.253 e. The number of rotatable bonds is 9. The number of hydrogen-bond acceptors (Lipinski definition) is 5. The van der Waals surface area contributed by atoms with Crippen LogP contribution < -0.4 is 10.4 Å². The zero-order chi connectivity index (χ0) is 23.1. The highest BCUT2D eigenvalue weighted by atomic mass is 16.4. The van der Waals surface area contributed by atoms with Crippen molar-refractivity contribution in [2.45, 2.75) is 58.4 Å². The number of nitrogens with zero attached hydrogens (tertiary/aromatic N) is 2. The van der Waals surface area contributed by atoms with Gasteiger partial charge in [0.15, 0.2) is 0 Å². The summed E-state index contributed by atoms with van der Waals surface area (Å²) in [5.41, 5.74) is 2.48. The second kappa shape index (κ2) is 11.5. The van der Waals surface area contributed by atoms with Gasteiger partial charge in [-0.25, -0.2) is 0 Å². The molecule has 1 aromatic carbocycles. The highest BCUT2D eigenvalue weighted by Crippen LogP contribution is 2.27. The van der Waals surface area contributed by atoms with Crippen LogP contribution in [0.3, 0.4) is 0 Å². The minimum Gasteiger partial charge on any atom is -0.550 e. The number of carboxylic acid groups (broad SMARTS) is 1. The molecule has 0 saturated carbocycles. The average molecular weight is 443 g/mol. The molecule has 1 N–H and O–H groups in total. The van der Waals surface area contributed by atoms with Gasteiger partial charge < -0.3 is 25.0 Å². The van der Waals surface area contributed by atoms with E-state index in [9.17, 15) is 19.5 Å². The van der Waals surface area contributed by atoms with E-state index in [1.165, 1.54) is 0 Å². The number of aliphatic carboxylic acids is 1. The lowest BCUT2D eigenvalue weighted by molar-refractivity contribution is -0.306. The smallest absolute Gasteiger partial charge is 0.253 e. The molecule has 0 aromatic heterocycles. The first-order chi connectivity index (χ1) is 15.4. The highest BCUT2D eigenvalue weighted by Gasteiger charge is 2.30. The van der Waals surface area contributed by atoms with E-state index < -0.39 is 11.9 Å². The summed E-state index contributed by atoms with van der Waals surface area (Å²) in [5, 5.41) is 14.6. The predicted octanol–water partition coefficient (Wildman–Crippen LogP) is 1.59. The number of benzene rings is 1. The molecule has 1 unspecified atom stereocenters. The Morgan fingerprint density at radius 1 is 1.22 bits per heavy atom. The van der Waals surface area contributed by atoms with Crippen molar-refractivity contribution >= 4 is 17.8 Å². The lowest BCUT2D eigenvalue weighted by atomic mass is 9.92. The fraction of sp³-hybridized carbons (Fsp3) is 0.640. The number of amides is 2. The second-order valence-electron chi connectivity index (χ2n) is 9.28. The van der Waals surface area contributed by atoms with Gasteiger partial charge in [0, 0.05) is 44.1 Å². The Morgan fingerprint density at radius 3 is 2.66 bits per heavy atom. The molecule has 0 radical (unpaired) electrons. The van der Waals surface area contributed by atoms with Crippen LogP contribution in [0.4, 0.5) is 0 Å². The van der Waals surface area contributed by atoms with Crippen molar-refractivity contribution in [2.75, 3.05) is 33.2 Å². The third-order valence-electron chi connectivity index (χ3n) is 6.81. The van der Waals surface area contributed by atoms with E-state index >= 15 is 0 Å². The van der Waals surface area contributed by atoms with Gasteiger partial charge in [-0.15, -0.1) is 0 Å². The van der Waals surface area contributed by atoms with Crippen LogP contribution in [0.25, 0.3) is 0 Å². The molecular weight excluding hydrogens is 406 g/mol. The standard InChI is InChI=1S/C25H37N3O4/c1-3-4-12-28-17-20-6-5-19(14-21(20)15-22(25(28)32)16-23(29)30)24(31)27(2)13-9-18-7-10-26-11-8-18/h5-6,14,18,22,26H,3-4,7-13,15-17H2,1-2H3,(H,29,30)/p-1. The average Bonchev–Trinajstić information content (AvgIpc) is 2.91. The van der Waals surface area contributed by atoms with Gasteiger partial charge in [0.2, 0.25) is 5.91 Å². The zero-order valence-corrected chi connectivity index (χ0v) is 19.4. The van der Waals surface area contributed by atoms with Crippen molar-refractivity contribution in [3.8, 4) is 0 Å². The topological polar surface area (TPSA) is 92.8 Å². The van der Waals surface area contributed by atoms with E-state index in [4.69, 9.17) is 0 Å². The maximum absolute atomic E-state index is 13.1. The second-order valence-corrected chi connectivity index (χ2v) is 9.28. The number of carbonyl (C=O) groups excluding carboxylic acids is 3. The van der Waals surface area contributed by atoms with Crippen molar-refractivity contribution in [1.82, 2.24) is 15.1 Å². The summed E-state index contributed by atoms with van der Waals surface area (Å²) in [7, 11) is 1.84. The molecule has 0 spiro atoms. The molecule has 2 heterocycles. The van der Waals surface area contributed by atoms with Gasteiger partial charge in [-0.3, -0.25) is 9.59 Å². The van der Waals surface area contributed by atoms with E-state index in [0.717, 1.165) is 62.9 Å². The Labute approximate surface area is 191 Å². The molecule has 176 valence electrons. The molecule has 7 nitrogen and oxygen atoms in total. The predicted molar refractivity (Wildman–Crippen MR) is 121 cm³/mol. The van der Waals surface area contributed by atoms with Gasteiger partial charge in [-0.05, 0) is 80.8 Å². The van der Waals surface area contributed by atoms with Gasteiger partial charge in [0.25, 0.3) is 5.91 Å². The lowest BCUT2D eigenvalue weighted by Crippen LogP contribution is -2.38. The number of piperidine rings is 1. The summed E-state index contributed by atoms with van der Waals surface area (Å²) < 4.78 is 0.